The predicted molar refractivity (Wildman–Crippen MR) is 71.0 cm³/mol. The summed E-state index contributed by atoms with van der Waals surface area (Å²) in [5, 5.41) is 0. The first-order valence-corrected chi connectivity index (χ1v) is 7.07. The second-order valence-corrected chi connectivity index (χ2v) is 6.33. The van der Waals surface area contributed by atoms with Crippen molar-refractivity contribution in [2.24, 2.45) is 17.6 Å². The van der Waals surface area contributed by atoms with Crippen molar-refractivity contribution in [2.75, 3.05) is 26.7 Å². The first-order valence-electron chi connectivity index (χ1n) is 7.07. The lowest BCUT2D eigenvalue weighted by Crippen LogP contribution is -2.58. The van der Waals surface area contributed by atoms with E-state index in [1.165, 1.54) is 32.2 Å². The summed E-state index contributed by atoms with van der Waals surface area (Å²) in [6.45, 7) is 7.65. The zero-order chi connectivity index (χ0) is 12.5. The SMILES string of the molecule is COC1CN(C(C)(CN)CC2CC2)CCC1C. The Bertz CT molecular complexity index is 255. The predicted octanol–water partition coefficient (Wildman–Crippen LogP) is 1.86. The van der Waals surface area contributed by atoms with Crippen molar-refractivity contribution in [3.8, 4) is 0 Å². The van der Waals surface area contributed by atoms with Gasteiger partial charge >= 0.3 is 0 Å². The molecule has 0 aromatic heterocycles. The zero-order valence-corrected chi connectivity index (χ0v) is 11.6. The van der Waals surface area contributed by atoms with Crippen LogP contribution in [0.2, 0.25) is 0 Å². The normalized spacial score (nSPS) is 34.6. The minimum atomic E-state index is 0.193. The molecule has 1 aliphatic carbocycles. The summed E-state index contributed by atoms with van der Waals surface area (Å²) in [6, 6.07) is 0. The summed E-state index contributed by atoms with van der Waals surface area (Å²) in [7, 11) is 1.84. The van der Waals surface area contributed by atoms with Gasteiger partial charge in [0.05, 0.1) is 6.10 Å². The summed E-state index contributed by atoms with van der Waals surface area (Å²) in [6.07, 6.45) is 5.71. The average molecular weight is 240 g/mol. The van der Waals surface area contributed by atoms with Crippen LogP contribution in [0, 0.1) is 11.8 Å². The first-order chi connectivity index (χ1) is 8.09. The van der Waals surface area contributed by atoms with Crippen LogP contribution in [-0.4, -0.2) is 43.3 Å². The van der Waals surface area contributed by atoms with Crippen molar-refractivity contribution < 1.29 is 4.74 Å². The highest BCUT2D eigenvalue weighted by Crippen LogP contribution is 2.39. The summed E-state index contributed by atoms with van der Waals surface area (Å²) >= 11 is 0. The van der Waals surface area contributed by atoms with E-state index in [2.05, 4.69) is 18.7 Å². The fraction of sp³-hybridized carbons (Fsp3) is 1.00. The lowest BCUT2D eigenvalue weighted by molar-refractivity contribution is -0.0433. The van der Waals surface area contributed by atoms with Gasteiger partial charge < -0.3 is 10.5 Å². The van der Waals surface area contributed by atoms with Crippen molar-refractivity contribution >= 4 is 0 Å². The molecule has 3 heteroatoms. The lowest BCUT2D eigenvalue weighted by atomic mass is 9.87. The quantitative estimate of drug-likeness (QED) is 0.797. The summed E-state index contributed by atoms with van der Waals surface area (Å²) in [5.74, 6) is 1.61. The van der Waals surface area contributed by atoms with Gasteiger partial charge in [-0.15, -0.1) is 0 Å². The van der Waals surface area contributed by atoms with Crippen LogP contribution in [-0.2, 0) is 4.74 Å². The molecule has 0 aromatic rings. The Morgan fingerprint density at radius 3 is 2.59 bits per heavy atom. The molecule has 3 unspecified atom stereocenters. The van der Waals surface area contributed by atoms with E-state index in [0.717, 1.165) is 19.0 Å². The minimum absolute atomic E-state index is 0.193. The maximum atomic E-state index is 6.05. The van der Waals surface area contributed by atoms with Crippen molar-refractivity contribution in [1.29, 1.82) is 0 Å². The number of rotatable bonds is 5. The van der Waals surface area contributed by atoms with Gasteiger partial charge in [0.25, 0.3) is 0 Å². The Balaban J connectivity index is 1.98. The molecule has 1 saturated heterocycles. The van der Waals surface area contributed by atoms with Crippen LogP contribution < -0.4 is 5.73 Å². The molecule has 2 rings (SSSR count). The molecule has 2 aliphatic rings. The monoisotopic (exact) mass is 240 g/mol. The molecular formula is C14H28N2O. The molecule has 0 bridgehead atoms. The smallest absolute Gasteiger partial charge is 0.0724 e. The van der Waals surface area contributed by atoms with E-state index in [9.17, 15) is 0 Å². The van der Waals surface area contributed by atoms with Crippen LogP contribution in [0.15, 0.2) is 0 Å². The maximum absolute atomic E-state index is 6.05. The van der Waals surface area contributed by atoms with Gasteiger partial charge in [0.15, 0.2) is 0 Å². The number of ether oxygens (including phenoxy) is 1. The molecule has 1 heterocycles. The van der Waals surface area contributed by atoms with Gasteiger partial charge in [0, 0.05) is 25.7 Å². The topological polar surface area (TPSA) is 38.5 Å². The van der Waals surface area contributed by atoms with Crippen molar-refractivity contribution in [3.05, 3.63) is 0 Å². The van der Waals surface area contributed by atoms with Crippen LogP contribution in [0.5, 0.6) is 0 Å². The van der Waals surface area contributed by atoms with Crippen LogP contribution in [0.25, 0.3) is 0 Å². The summed E-state index contributed by atoms with van der Waals surface area (Å²) in [4.78, 5) is 2.58. The molecule has 3 atom stereocenters. The van der Waals surface area contributed by atoms with Gasteiger partial charge in [-0.05, 0) is 38.1 Å². The molecule has 2 fully saturated rings. The number of likely N-dealkylation sites (tertiary alicyclic amines) is 1. The molecule has 3 nitrogen and oxygen atoms in total. The third-order valence-electron chi connectivity index (χ3n) is 4.82. The second-order valence-electron chi connectivity index (χ2n) is 6.33. The van der Waals surface area contributed by atoms with E-state index in [-0.39, 0.29) is 5.54 Å². The first kappa shape index (κ1) is 13.3. The highest BCUT2D eigenvalue weighted by molar-refractivity contribution is 4.96. The van der Waals surface area contributed by atoms with Gasteiger partial charge in [-0.3, -0.25) is 4.90 Å². The standard InChI is InChI=1S/C14H28N2O/c1-11-6-7-16(9-13(11)17-3)14(2,10-15)8-12-4-5-12/h11-13H,4-10,15H2,1-3H3. The number of hydrogen-bond acceptors (Lipinski definition) is 3. The van der Waals surface area contributed by atoms with Crippen LogP contribution >= 0.6 is 0 Å². The fourth-order valence-corrected chi connectivity index (χ4v) is 3.12. The van der Waals surface area contributed by atoms with E-state index in [1.807, 2.05) is 7.11 Å². The molecular weight excluding hydrogens is 212 g/mol. The Morgan fingerprint density at radius 2 is 2.06 bits per heavy atom. The van der Waals surface area contributed by atoms with Crippen molar-refractivity contribution in [2.45, 2.75) is 51.2 Å². The zero-order valence-electron chi connectivity index (χ0n) is 11.6. The Morgan fingerprint density at radius 1 is 1.35 bits per heavy atom. The molecule has 0 amide bonds. The Hall–Kier alpha value is -0.120. The minimum Gasteiger partial charge on any atom is -0.380 e. The van der Waals surface area contributed by atoms with E-state index in [0.29, 0.717) is 12.0 Å². The van der Waals surface area contributed by atoms with E-state index in [1.54, 1.807) is 0 Å². The fourth-order valence-electron chi connectivity index (χ4n) is 3.12. The van der Waals surface area contributed by atoms with Crippen molar-refractivity contribution in [3.63, 3.8) is 0 Å². The number of piperidine rings is 1. The molecule has 0 spiro atoms. The second kappa shape index (κ2) is 5.25. The Kier molecular flexibility index (Phi) is 4.11. The third kappa shape index (κ3) is 3.01. The highest BCUT2D eigenvalue weighted by Gasteiger charge is 2.40. The Labute approximate surface area is 106 Å². The molecule has 1 saturated carbocycles. The maximum Gasteiger partial charge on any atom is 0.0724 e. The van der Waals surface area contributed by atoms with Crippen LogP contribution in [0.3, 0.4) is 0 Å². The summed E-state index contributed by atoms with van der Waals surface area (Å²) < 4.78 is 5.61. The molecule has 0 radical (unpaired) electrons. The van der Waals surface area contributed by atoms with E-state index in [4.69, 9.17) is 10.5 Å². The van der Waals surface area contributed by atoms with E-state index >= 15 is 0 Å². The van der Waals surface area contributed by atoms with Gasteiger partial charge in [-0.25, -0.2) is 0 Å². The average Bonchev–Trinajstić information content (AvgIpc) is 3.13. The van der Waals surface area contributed by atoms with Crippen molar-refractivity contribution in [1.82, 2.24) is 4.90 Å². The van der Waals surface area contributed by atoms with Crippen LogP contribution in [0.1, 0.15) is 39.5 Å². The molecule has 1 aliphatic heterocycles. The largest absolute Gasteiger partial charge is 0.380 e. The number of nitrogens with zero attached hydrogens (tertiary/aromatic N) is 1. The van der Waals surface area contributed by atoms with Gasteiger partial charge in [0.2, 0.25) is 0 Å². The van der Waals surface area contributed by atoms with Gasteiger partial charge in [-0.1, -0.05) is 19.8 Å². The van der Waals surface area contributed by atoms with Gasteiger partial charge in [-0.2, -0.15) is 0 Å². The molecule has 17 heavy (non-hydrogen) atoms. The number of hydrogen-bond donors (Lipinski definition) is 1. The molecule has 2 N–H and O–H groups in total. The lowest BCUT2D eigenvalue weighted by Gasteiger charge is -2.47. The summed E-state index contributed by atoms with van der Waals surface area (Å²) in [5.41, 5.74) is 6.25. The third-order valence-corrected chi connectivity index (χ3v) is 4.82. The van der Waals surface area contributed by atoms with Gasteiger partial charge in [0.1, 0.15) is 0 Å². The van der Waals surface area contributed by atoms with E-state index < -0.39 is 0 Å². The van der Waals surface area contributed by atoms with Crippen LogP contribution in [0.4, 0.5) is 0 Å². The number of methoxy groups -OCH3 is 1. The number of nitrogens with two attached hydrogens (primary N) is 1. The molecule has 100 valence electrons. The molecule has 0 aromatic carbocycles. The highest BCUT2D eigenvalue weighted by atomic mass is 16.5.